The summed E-state index contributed by atoms with van der Waals surface area (Å²) in [5.74, 6) is -22.1. The maximum absolute atomic E-state index is 15.7. The van der Waals surface area contributed by atoms with E-state index in [0.29, 0.717) is 12.1 Å². The number of rotatable bonds is 5. The number of hydrogen-bond acceptors (Lipinski definition) is 2. The molecular formula is C21H8BF9O2. The van der Waals surface area contributed by atoms with E-state index < -0.39 is 76.1 Å². The first-order valence-electron chi connectivity index (χ1n) is 9.02. The molecule has 0 spiro atoms. The lowest BCUT2D eigenvalue weighted by Crippen LogP contribution is -2.46. The summed E-state index contributed by atoms with van der Waals surface area (Å²) in [6.07, 6.45) is 0. The van der Waals surface area contributed by atoms with Gasteiger partial charge in [-0.2, -0.15) is 4.39 Å². The maximum atomic E-state index is 15.7. The van der Waals surface area contributed by atoms with Gasteiger partial charge in [0.15, 0.2) is 40.7 Å². The zero-order chi connectivity index (χ0) is 24.1. The fourth-order valence-electron chi connectivity index (χ4n) is 3.20. The van der Waals surface area contributed by atoms with Gasteiger partial charge in [-0.25, -0.2) is 35.1 Å². The Balaban J connectivity index is 1.87. The van der Waals surface area contributed by atoms with Crippen LogP contribution in [-0.4, -0.2) is 7.12 Å². The van der Waals surface area contributed by atoms with Crippen LogP contribution >= 0.6 is 0 Å². The first-order chi connectivity index (χ1) is 15.6. The third kappa shape index (κ3) is 3.63. The Morgan fingerprint density at radius 2 is 1.33 bits per heavy atom. The average Bonchev–Trinajstić information content (AvgIpc) is 2.99. The van der Waals surface area contributed by atoms with E-state index in [1.54, 1.807) is 0 Å². The average molecular weight is 474 g/mol. The SMILES string of the molecule is FC1=C(F)C(F)(OB(Oc2ccccc2)c2ccc(F)c(F)c2)c2c(F)c(F)c(F)c(F)c21. The molecule has 12 heteroatoms. The summed E-state index contributed by atoms with van der Waals surface area (Å²) in [5, 5.41) is 0. The molecule has 33 heavy (non-hydrogen) atoms. The van der Waals surface area contributed by atoms with Gasteiger partial charge in [0.1, 0.15) is 5.75 Å². The topological polar surface area (TPSA) is 18.5 Å². The van der Waals surface area contributed by atoms with Crippen LogP contribution in [0.3, 0.4) is 0 Å². The van der Waals surface area contributed by atoms with Crippen LogP contribution in [-0.2, 0) is 10.5 Å². The fraction of sp³-hybridized carbons (Fsp3) is 0.0476. The second kappa shape index (κ2) is 8.18. The van der Waals surface area contributed by atoms with Crippen LogP contribution in [0, 0.1) is 34.9 Å². The quantitative estimate of drug-likeness (QED) is 0.203. The van der Waals surface area contributed by atoms with Crippen molar-refractivity contribution in [3.63, 3.8) is 0 Å². The van der Waals surface area contributed by atoms with Crippen molar-refractivity contribution in [2.24, 2.45) is 0 Å². The molecule has 4 rings (SSSR count). The van der Waals surface area contributed by atoms with Crippen LogP contribution in [0.4, 0.5) is 39.5 Å². The van der Waals surface area contributed by atoms with Crippen molar-refractivity contribution in [2.75, 3.05) is 0 Å². The molecule has 0 bridgehead atoms. The van der Waals surface area contributed by atoms with Crippen molar-refractivity contribution in [3.8, 4) is 5.75 Å². The van der Waals surface area contributed by atoms with E-state index in [1.807, 2.05) is 0 Å². The molecule has 0 amide bonds. The first-order valence-corrected chi connectivity index (χ1v) is 9.02. The Kier molecular flexibility index (Phi) is 5.65. The molecule has 0 N–H and O–H groups in total. The van der Waals surface area contributed by atoms with Crippen molar-refractivity contribution in [3.05, 3.63) is 100 Å². The molecule has 1 unspecified atom stereocenters. The number of benzene rings is 3. The van der Waals surface area contributed by atoms with Crippen LogP contribution in [0.25, 0.3) is 5.83 Å². The molecule has 0 fully saturated rings. The van der Waals surface area contributed by atoms with E-state index in [9.17, 15) is 35.1 Å². The standard InChI is InChI=1S/C21H8BF9O2/c23-11-7-6-9(8-12(11)24)22(32-10-4-2-1-3-5-10)33-21(31)14-13(16(26)20(21)30)15(25)18(28)19(29)17(14)27/h1-8H. The summed E-state index contributed by atoms with van der Waals surface area (Å²) in [7, 11) is -2.23. The number of alkyl halides is 1. The Bertz CT molecular complexity index is 1280. The molecule has 0 aromatic heterocycles. The first kappa shape index (κ1) is 22.8. The molecule has 170 valence electrons. The molecular weight excluding hydrogens is 466 g/mol. The maximum Gasteiger partial charge on any atom is 0.565 e. The summed E-state index contributed by atoms with van der Waals surface area (Å²) in [6, 6.07) is 8.83. The molecule has 0 saturated carbocycles. The van der Waals surface area contributed by atoms with E-state index in [-0.39, 0.29) is 5.75 Å². The van der Waals surface area contributed by atoms with Crippen molar-refractivity contribution >= 4 is 18.4 Å². The lowest BCUT2D eigenvalue weighted by molar-refractivity contribution is -0.0618. The van der Waals surface area contributed by atoms with Crippen molar-refractivity contribution in [2.45, 2.75) is 5.85 Å². The molecule has 1 aliphatic rings. The summed E-state index contributed by atoms with van der Waals surface area (Å²) in [5.41, 5.74) is -4.33. The van der Waals surface area contributed by atoms with Gasteiger partial charge in [0.05, 0.1) is 11.1 Å². The predicted molar refractivity (Wildman–Crippen MR) is 98.1 cm³/mol. The number of hydrogen-bond donors (Lipinski definition) is 0. The van der Waals surface area contributed by atoms with Crippen molar-refractivity contribution in [1.82, 2.24) is 0 Å². The minimum Gasteiger partial charge on any atom is -0.532 e. The zero-order valence-electron chi connectivity index (χ0n) is 15.9. The van der Waals surface area contributed by atoms with E-state index in [2.05, 4.69) is 0 Å². The highest BCUT2D eigenvalue weighted by atomic mass is 19.2. The molecule has 0 saturated heterocycles. The normalized spacial score (nSPS) is 17.4. The van der Waals surface area contributed by atoms with Gasteiger partial charge in [-0.05, 0) is 24.3 Å². The smallest absolute Gasteiger partial charge is 0.532 e. The van der Waals surface area contributed by atoms with E-state index in [0.717, 1.165) is 6.07 Å². The Hall–Kier alpha value is -3.41. The number of halogens is 9. The monoisotopic (exact) mass is 474 g/mol. The predicted octanol–water partition coefficient (Wildman–Crippen LogP) is 5.76. The largest absolute Gasteiger partial charge is 0.565 e. The van der Waals surface area contributed by atoms with Crippen LogP contribution in [0.15, 0.2) is 54.4 Å². The van der Waals surface area contributed by atoms with Crippen LogP contribution in [0.2, 0.25) is 0 Å². The van der Waals surface area contributed by atoms with Crippen LogP contribution in [0.1, 0.15) is 11.1 Å². The van der Waals surface area contributed by atoms with Gasteiger partial charge in [0, 0.05) is 5.46 Å². The molecule has 0 radical (unpaired) electrons. The van der Waals surface area contributed by atoms with E-state index in [1.165, 1.54) is 30.3 Å². The number of para-hydroxylation sites is 1. The van der Waals surface area contributed by atoms with Crippen molar-refractivity contribution < 1.29 is 48.8 Å². The van der Waals surface area contributed by atoms with Gasteiger partial charge in [0.25, 0.3) is 5.85 Å². The minimum atomic E-state index is -4.36. The van der Waals surface area contributed by atoms with Crippen LogP contribution in [0.5, 0.6) is 5.75 Å². The molecule has 1 aliphatic carbocycles. The fourth-order valence-corrected chi connectivity index (χ4v) is 3.20. The highest BCUT2D eigenvalue weighted by Gasteiger charge is 2.56. The molecule has 1 atom stereocenters. The van der Waals surface area contributed by atoms with E-state index >= 15 is 4.39 Å². The molecule has 3 aromatic rings. The second-order valence-electron chi connectivity index (χ2n) is 6.78. The Labute approximate surface area is 180 Å². The number of fused-ring (bicyclic) bond motifs is 1. The molecule has 0 aliphatic heterocycles. The van der Waals surface area contributed by atoms with Gasteiger partial charge < -0.3 is 9.31 Å². The summed E-state index contributed by atoms with van der Waals surface area (Å²) in [4.78, 5) is 0. The van der Waals surface area contributed by atoms with Gasteiger partial charge in [-0.1, -0.05) is 24.3 Å². The van der Waals surface area contributed by atoms with E-state index in [4.69, 9.17) is 9.31 Å². The summed E-state index contributed by atoms with van der Waals surface area (Å²) >= 11 is 0. The van der Waals surface area contributed by atoms with Gasteiger partial charge in [-0.3, -0.25) is 0 Å². The Morgan fingerprint density at radius 3 is 1.97 bits per heavy atom. The lowest BCUT2D eigenvalue weighted by Gasteiger charge is -2.26. The third-order valence-corrected chi connectivity index (χ3v) is 4.75. The second-order valence-corrected chi connectivity index (χ2v) is 6.78. The highest BCUT2D eigenvalue weighted by molar-refractivity contribution is 6.62. The van der Waals surface area contributed by atoms with Crippen LogP contribution < -0.4 is 10.1 Å². The van der Waals surface area contributed by atoms with Gasteiger partial charge in [-0.15, -0.1) is 0 Å². The summed E-state index contributed by atoms with van der Waals surface area (Å²) < 4.78 is 137. The zero-order valence-corrected chi connectivity index (χ0v) is 15.9. The van der Waals surface area contributed by atoms with Gasteiger partial charge in [0.2, 0.25) is 5.83 Å². The third-order valence-electron chi connectivity index (χ3n) is 4.75. The summed E-state index contributed by atoms with van der Waals surface area (Å²) in [6.45, 7) is 0. The Morgan fingerprint density at radius 1 is 0.697 bits per heavy atom. The molecule has 0 heterocycles. The molecule has 3 aromatic carbocycles. The lowest BCUT2D eigenvalue weighted by atomic mass is 9.77. The van der Waals surface area contributed by atoms with Crippen molar-refractivity contribution in [1.29, 1.82) is 0 Å². The highest BCUT2D eigenvalue weighted by Crippen LogP contribution is 2.52. The van der Waals surface area contributed by atoms with Gasteiger partial charge >= 0.3 is 7.12 Å². The minimum absolute atomic E-state index is 0.101. The molecule has 2 nitrogen and oxygen atoms in total.